The zero-order chi connectivity index (χ0) is 15.2. The number of hydrogen-bond acceptors (Lipinski definition) is 4. The summed E-state index contributed by atoms with van der Waals surface area (Å²) in [5, 5.41) is 3.19. The minimum absolute atomic E-state index is 0.0107. The Hall–Kier alpha value is -2.08. The molecule has 1 unspecified atom stereocenters. The molecule has 1 aromatic carbocycles. The van der Waals surface area contributed by atoms with Crippen LogP contribution in [0.15, 0.2) is 24.3 Å². The summed E-state index contributed by atoms with van der Waals surface area (Å²) in [6.45, 7) is 3.96. The highest BCUT2D eigenvalue weighted by Gasteiger charge is 2.28. The number of amides is 2. The number of hydrogen-bond donors (Lipinski definition) is 2. The lowest BCUT2D eigenvalue weighted by Crippen LogP contribution is -2.46. The normalized spacial score (nSPS) is 17.5. The lowest BCUT2D eigenvalue weighted by molar-refractivity contribution is -0.119. The van der Waals surface area contributed by atoms with Crippen LogP contribution in [0.4, 0.5) is 0 Å². The van der Waals surface area contributed by atoms with E-state index in [2.05, 4.69) is 5.32 Å². The van der Waals surface area contributed by atoms with Crippen LogP contribution in [-0.2, 0) is 4.79 Å². The Balaban J connectivity index is 2.14. The molecule has 0 saturated carbocycles. The first-order valence-corrected chi connectivity index (χ1v) is 7.14. The number of ether oxygens (including phenoxy) is 1. The number of nitrogens with zero attached hydrogens (tertiary/aromatic N) is 1. The van der Waals surface area contributed by atoms with E-state index in [0.29, 0.717) is 18.7 Å². The van der Waals surface area contributed by atoms with Gasteiger partial charge in [-0.3, -0.25) is 9.59 Å². The molecular weight excluding hydrogens is 270 g/mol. The average Bonchev–Trinajstić information content (AvgIpc) is 2.99. The summed E-state index contributed by atoms with van der Waals surface area (Å²) in [4.78, 5) is 25.4. The second kappa shape index (κ2) is 7.08. The van der Waals surface area contributed by atoms with Crippen LogP contribution in [0.25, 0.3) is 0 Å². The third-order valence-electron chi connectivity index (χ3n) is 3.47. The van der Waals surface area contributed by atoms with E-state index < -0.39 is 5.91 Å². The highest BCUT2D eigenvalue weighted by Crippen LogP contribution is 2.17. The molecule has 0 radical (unpaired) electrons. The van der Waals surface area contributed by atoms with Crippen molar-refractivity contribution in [3.63, 3.8) is 0 Å². The first kappa shape index (κ1) is 15.3. The molecule has 1 fully saturated rings. The van der Waals surface area contributed by atoms with Crippen molar-refractivity contribution < 1.29 is 14.3 Å². The summed E-state index contributed by atoms with van der Waals surface area (Å²) in [6, 6.07) is 6.95. The molecule has 2 rings (SSSR count). The van der Waals surface area contributed by atoms with Gasteiger partial charge in [0, 0.05) is 18.2 Å². The van der Waals surface area contributed by atoms with E-state index in [1.165, 1.54) is 0 Å². The topological polar surface area (TPSA) is 84.7 Å². The van der Waals surface area contributed by atoms with Gasteiger partial charge >= 0.3 is 0 Å². The molecule has 2 amide bonds. The van der Waals surface area contributed by atoms with Crippen LogP contribution in [0.3, 0.4) is 0 Å². The van der Waals surface area contributed by atoms with Gasteiger partial charge in [0.05, 0.1) is 13.2 Å². The van der Waals surface area contributed by atoms with E-state index in [1.807, 2.05) is 6.92 Å². The van der Waals surface area contributed by atoms with Crippen molar-refractivity contribution in [3.05, 3.63) is 29.8 Å². The Morgan fingerprint density at radius 1 is 1.38 bits per heavy atom. The molecule has 1 atom stereocenters. The lowest BCUT2D eigenvalue weighted by atomic mass is 10.1. The molecule has 21 heavy (non-hydrogen) atoms. The molecule has 6 heteroatoms. The lowest BCUT2D eigenvalue weighted by Gasteiger charge is -2.27. The predicted molar refractivity (Wildman–Crippen MR) is 79.1 cm³/mol. The van der Waals surface area contributed by atoms with Gasteiger partial charge in [-0.25, -0.2) is 0 Å². The minimum Gasteiger partial charge on any atom is -0.494 e. The molecule has 1 saturated heterocycles. The van der Waals surface area contributed by atoms with Crippen molar-refractivity contribution in [2.75, 3.05) is 26.2 Å². The van der Waals surface area contributed by atoms with E-state index in [-0.39, 0.29) is 18.5 Å². The number of nitrogens with two attached hydrogens (primary N) is 1. The summed E-state index contributed by atoms with van der Waals surface area (Å²) in [7, 11) is 0. The van der Waals surface area contributed by atoms with Crippen molar-refractivity contribution >= 4 is 11.8 Å². The quantitative estimate of drug-likeness (QED) is 0.793. The maximum atomic E-state index is 12.6. The maximum absolute atomic E-state index is 12.6. The van der Waals surface area contributed by atoms with Gasteiger partial charge in [-0.2, -0.15) is 0 Å². The molecular formula is C15H21N3O3. The molecule has 0 spiro atoms. The molecule has 1 aromatic rings. The van der Waals surface area contributed by atoms with Crippen LogP contribution in [0.5, 0.6) is 5.75 Å². The molecule has 0 aliphatic carbocycles. The van der Waals surface area contributed by atoms with Crippen molar-refractivity contribution in [3.8, 4) is 5.75 Å². The van der Waals surface area contributed by atoms with Crippen LogP contribution in [-0.4, -0.2) is 49.0 Å². The molecule has 0 aromatic heterocycles. The molecule has 114 valence electrons. The maximum Gasteiger partial charge on any atom is 0.254 e. The van der Waals surface area contributed by atoms with Gasteiger partial charge in [0.15, 0.2) is 0 Å². The minimum atomic E-state index is -0.499. The molecule has 1 aliphatic rings. The second-order valence-corrected chi connectivity index (χ2v) is 5.00. The van der Waals surface area contributed by atoms with Crippen LogP contribution in [0.2, 0.25) is 0 Å². The Kier molecular flexibility index (Phi) is 5.16. The number of primary amides is 1. The van der Waals surface area contributed by atoms with E-state index >= 15 is 0 Å². The van der Waals surface area contributed by atoms with Gasteiger partial charge in [-0.15, -0.1) is 0 Å². The van der Waals surface area contributed by atoms with Gasteiger partial charge in [0.1, 0.15) is 5.75 Å². The highest BCUT2D eigenvalue weighted by atomic mass is 16.5. The number of carbonyl (C=O) groups excluding carboxylic acids is 2. The number of carbonyl (C=O) groups is 2. The van der Waals surface area contributed by atoms with Gasteiger partial charge in [0.25, 0.3) is 5.91 Å². The standard InChI is InChI=1S/C15H21N3O3/c1-2-21-13-5-3-11(4-6-13)15(20)18(10-14(16)19)12-7-8-17-9-12/h3-6,12,17H,2,7-10H2,1H3,(H2,16,19). The summed E-state index contributed by atoms with van der Waals surface area (Å²) < 4.78 is 5.36. The average molecular weight is 291 g/mol. The van der Waals surface area contributed by atoms with Crippen LogP contribution in [0.1, 0.15) is 23.7 Å². The third-order valence-corrected chi connectivity index (χ3v) is 3.47. The summed E-state index contributed by atoms with van der Waals surface area (Å²) in [5.74, 6) is 0.0461. The fraction of sp³-hybridized carbons (Fsp3) is 0.467. The van der Waals surface area contributed by atoms with Crippen molar-refractivity contribution in [2.24, 2.45) is 5.73 Å². The first-order valence-electron chi connectivity index (χ1n) is 7.14. The van der Waals surface area contributed by atoms with Crippen molar-refractivity contribution in [1.82, 2.24) is 10.2 Å². The van der Waals surface area contributed by atoms with Crippen molar-refractivity contribution in [2.45, 2.75) is 19.4 Å². The van der Waals surface area contributed by atoms with Gasteiger partial charge in [-0.05, 0) is 44.2 Å². The Morgan fingerprint density at radius 3 is 2.62 bits per heavy atom. The van der Waals surface area contributed by atoms with Crippen LogP contribution < -0.4 is 15.8 Å². The Labute approximate surface area is 124 Å². The Morgan fingerprint density at radius 2 is 2.10 bits per heavy atom. The third kappa shape index (κ3) is 3.95. The van der Waals surface area contributed by atoms with E-state index in [1.54, 1.807) is 29.2 Å². The van der Waals surface area contributed by atoms with Crippen LogP contribution >= 0.6 is 0 Å². The Bertz CT molecular complexity index is 495. The second-order valence-electron chi connectivity index (χ2n) is 5.00. The molecule has 1 heterocycles. The first-order chi connectivity index (χ1) is 10.1. The van der Waals surface area contributed by atoms with E-state index in [0.717, 1.165) is 18.7 Å². The number of nitrogens with one attached hydrogen (secondary N) is 1. The largest absolute Gasteiger partial charge is 0.494 e. The summed E-state index contributed by atoms with van der Waals surface area (Å²) in [6.07, 6.45) is 0.829. The fourth-order valence-corrected chi connectivity index (χ4v) is 2.47. The summed E-state index contributed by atoms with van der Waals surface area (Å²) >= 11 is 0. The number of benzene rings is 1. The van der Waals surface area contributed by atoms with Gasteiger partial charge < -0.3 is 20.7 Å². The van der Waals surface area contributed by atoms with Crippen LogP contribution in [0, 0.1) is 0 Å². The SMILES string of the molecule is CCOc1ccc(C(=O)N(CC(N)=O)C2CCNC2)cc1. The summed E-state index contributed by atoms with van der Waals surface area (Å²) in [5.41, 5.74) is 5.80. The number of rotatable bonds is 6. The molecule has 3 N–H and O–H groups in total. The van der Waals surface area contributed by atoms with Gasteiger partial charge in [0.2, 0.25) is 5.91 Å². The molecule has 6 nitrogen and oxygen atoms in total. The van der Waals surface area contributed by atoms with E-state index in [4.69, 9.17) is 10.5 Å². The highest BCUT2D eigenvalue weighted by molar-refractivity contribution is 5.96. The molecule has 1 aliphatic heterocycles. The fourth-order valence-electron chi connectivity index (χ4n) is 2.47. The van der Waals surface area contributed by atoms with Gasteiger partial charge in [-0.1, -0.05) is 0 Å². The van der Waals surface area contributed by atoms with E-state index in [9.17, 15) is 9.59 Å². The zero-order valence-corrected chi connectivity index (χ0v) is 12.2. The van der Waals surface area contributed by atoms with Crippen molar-refractivity contribution in [1.29, 1.82) is 0 Å². The monoisotopic (exact) mass is 291 g/mol. The predicted octanol–water partition coefficient (Wildman–Crippen LogP) is 0.375. The molecule has 0 bridgehead atoms. The smallest absolute Gasteiger partial charge is 0.254 e. The zero-order valence-electron chi connectivity index (χ0n) is 12.2.